The quantitative estimate of drug-likeness (QED) is 0.529. The Balaban J connectivity index is 2.52. The molecule has 0 bridgehead atoms. The van der Waals surface area contributed by atoms with Gasteiger partial charge in [-0.2, -0.15) is 0 Å². The molecule has 2 rings (SSSR count). The minimum absolute atomic E-state index is 0.514. The van der Waals surface area contributed by atoms with Crippen LogP contribution in [0.4, 0.5) is 0 Å². The molecule has 1 nitrogen and oxygen atoms in total. The molecule has 126 valence electrons. The predicted molar refractivity (Wildman–Crippen MR) is 106 cm³/mol. The number of hydrogen-bond acceptors (Lipinski definition) is 1. The van der Waals surface area contributed by atoms with Gasteiger partial charge in [-0.05, 0) is 54.0 Å². The first-order valence-electron chi connectivity index (χ1n) is 8.97. The van der Waals surface area contributed by atoms with Gasteiger partial charge in [-0.1, -0.05) is 70.2 Å². The first kappa shape index (κ1) is 18.2. The third-order valence-electron chi connectivity index (χ3n) is 4.33. The van der Waals surface area contributed by atoms with Crippen molar-refractivity contribution in [1.82, 2.24) is 4.98 Å². The molecule has 0 saturated heterocycles. The molecule has 1 heteroatoms. The average Bonchev–Trinajstić information content (AvgIpc) is 2.60. The predicted octanol–water partition coefficient (Wildman–Crippen LogP) is 6.88. The van der Waals surface area contributed by atoms with Crippen molar-refractivity contribution in [1.29, 1.82) is 0 Å². The van der Waals surface area contributed by atoms with Crippen LogP contribution in [-0.2, 0) is 0 Å². The van der Waals surface area contributed by atoms with Crippen molar-refractivity contribution < 1.29 is 0 Å². The van der Waals surface area contributed by atoms with Crippen LogP contribution in [0.5, 0.6) is 0 Å². The first-order chi connectivity index (χ1) is 11.6. The van der Waals surface area contributed by atoms with Gasteiger partial charge in [0.05, 0.1) is 5.69 Å². The van der Waals surface area contributed by atoms with Crippen molar-refractivity contribution >= 4 is 5.57 Å². The normalized spacial score (nSPS) is 13.7. The maximum atomic E-state index is 4.66. The molecule has 1 unspecified atom stereocenters. The Morgan fingerprint density at radius 1 is 1.12 bits per heavy atom. The van der Waals surface area contributed by atoms with E-state index in [0.29, 0.717) is 11.8 Å². The smallest absolute Gasteiger partial charge is 0.0710 e. The van der Waals surface area contributed by atoms with Crippen LogP contribution >= 0.6 is 0 Å². The molecule has 0 aliphatic rings. The highest BCUT2D eigenvalue weighted by atomic mass is 14.7. The maximum Gasteiger partial charge on any atom is 0.0710 e. The summed E-state index contributed by atoms with van der Waals surface area (Å²) in [6.45, 7) is 11.0. The third kappa shape index (κ3) is 4.44. The van der Waals surface area contributed by atoms with Gasteiger partial charge in [0.25, 0.3) is 0 Å². The van der Waals surface area contributed by atoms with Crippen LogP contribution in [0.15, 0.2) is 60.8 Å². The summed E-state index contributed by atoms with van der Waals surface area (Å²) < 4.78 is 0. The minimum Gasteiger partial charge on any atom is -0.256 e. The van der Waals surface area contributed by atoms with E-state index in [1.54, 1.807) is 0 Å². The number of pyridine rings is 1. The Hall–Kier alpha value is -2.15. The second-order valence-corrected chi connectivity index (χ2v) is 6.69. The number of hydrogen-bond donors (Lipinski definition) is 0. The molecule has 0 amide bonds. The molecule has 0 aliphatic heterocycles. The molecule has 0 N–H and O–H groups in total. The van der Waals surface area contributed by atoms with Gasteiger partial charge in [-0.3, -0.25) is 4.98 Å². The summed E-state index contributed by atoms with van der Waals surface area (Å²) in [6, 6.07) is 13.0. The summed E-state index contributed by atoms with van der Waals surface area (Å²) in [5.41, 5.74) is 6.17. The van der Waals surface area contributed by atoms with Crippen molar-refractivity contribution in [2.45, 2.75) is 47.0 Å². The Labute approximate surface area is 147 Å². The van der Waals surface area contributed by atoms with Gasteiger partial charge in [0, 0.05) is 11.8 Å². The van der Waals surface area contributed by atoms with Crippen molar-refractivity contribution in [3.63, 3.8) is 0 Å². The molecule has 0 fully saturated rings. The summed E-state index contributed by atoms with van der Waals surface area (Å²) >= 11 is 0. The Kier molecular flexibility index (Phi) is 6.54. The Bertz CT molecular complexity index is 722. The van der Waals surface area contributed by atoms with Gasteiger partial charge in [0.1, 0.15) is 0 Å². The summed E-state index contributed by atoms with van der Waals surface area (Å²) in [6.07, 6.45) is 9.64. The fourth-order valence-corrected chi connectivity index (χ4v) is 2.92. The van der Waals surface area contributed by atoms with Crippen LogP contribution in [0.1, 0.15) is 58.1 Å². The van der Waals surface area contributed by atoms with E-state index in [2.05, 4.69) is 94.2 Å². The molecule has 2 aromatic rings. The molecule has 0 saturated carbocycles. The molecular weight excluding hydrogens is 290 g/mol. The van der Waals surface area contributed by atoms with Gasteiger partial charge in [0.15, 0.2) is 0 Å². The van der Waals surface area contributed by atoms with Gasteiger partial charge in [-0.15, -0.1) is 0 Å². The molecule has 1 aromatic heterocycles. The molecule has 0 spiro atoms. The molecule has 1 atom stereocenters. The zero-order valence-electron chi connectivity index (χ0n) is 15.6. The molecule has 1 aromatic carbocycles. The Morgan fingerprint density at radius 3 is 2.54 bits per heavy atom. The number of aromatic nitrogens is 1. The van der Waals surface area contributed by atoms with Crippen molar-refractivity contribution in [2.75, 3.05) is 0 Å². The SMILES string of the molecule is C/C=C\C(=C/C(C)C)c1ccnc(-c2ccccc2C(C)CC)c1. The third-order valence-corrected chi connectivity index (χ3v) is 4.33. The summed E-state index contributed by atoms with van der Waals surface area (Å²) in [5.74, 6) is 1.05. The van der Waals surface area contributed by atoms with Gasteiger partial charge in [-0.25, -0.2) is 0 Å². The largest absolute Gasteiger partial charge is 0.256 e. The van der Waals surface area contributed by atoms with E-state index in [0.717, 1.165) is 12.1 Å². The van der Waals surface area contributed by atoms with Gasteiger partial charge >= 0.3 is 0 Å². The van der Waals surface area contributed by atoms with Crippen LogP contribution in [-0.4, -0.2) is 4.98 Å². The number of rotatable bonds is 6. The molecular formula is C23H29N. The van der Waals surface area contributed by atoms with Crippen LogP contribution in [0.2, 0.25) is 0 Å². The summed E-state index contributed by atoms with van der Waals surface area (Å²) in [4.78, 5) is 4.66. The maximum absolute atomic E-state index is 4.66. The highest BCUT2D eigenvalue weighted by molar-refractivity contribution is 5.77. The topological polar surface area (TPSA) is 12.9 Å². The van der Waals surface area contributed by atoms with Crippen LogP contribution in [0, 0.1) is 5.92 Å². The lowest BCUT2D eigenvalue weighted by atomic mass is 9.91. The minimum atomic E-state index is 0.514. The van der Waals surface area contributed by atoms with E-state index < -0.39 is 0 Å². The fraction of sp³-hybridized carbons (Fsp3) is 0.348. The molecule has 1 heterocycles. The highest BCUT2D eigenvalue weighted by Gasteiger charge is 2.12. The number of benzene rings is 1. The lowest BCUT2D eigenvalue weighted by molar-refractivity contribution is 0.735. The summed E-state index contributed by atoms with van der Waals surface area (Å²) in [7, 11) is 0. The van der Waals surface area contributed by atoms with E-state index in [1.807, 2.05) is 6.20 Å². The van der Waals surface area contributed by atoms with Gasteiger partial charge < -0.3 is 0 Å². The molecule has 0 radical (unpaired) electrons. The van der Waals surface area contributed by atoms with Crippen LogP contribution in [0.3, 0.4) is 0 Å². The monoisotopic (exact) mass is 319 g/mol. The second-order valence-electron chi connectivity index (χ2n) is 6.69. The number of nitrogens with zero attached hydrogens (tertiary/aromatic N) is 1. The lowest BCUT2D eigenvalue weighted by Gasteiger charge is -2.15. The Morgan fingerprint density at radius 2 is 1.88 bits per heavy atom. The highest BCUT2D eigenvalue weighted by Crippen LogP contribution is 2.31. The molecule has 24 heavy (non-hydrogen) atoms. The van der Waals surface area contributed by atoms with E-state index in [-0.39, 0.29) is 0 Å². The zero-order valence-corrected chi connectivity index (χ0v) is 15.6. The van der Waals surface area contributed by atoms with Gasteiger partial charge in [0.2, 0.25) is 0 Å². The summed E-state index contributed by atoms with van der Waals surface area (Å²) in [5, 5.41) is 0. The molecule has 0 aliphatic carbocycles. The average molecular weight is 319 g/mol. The van der Waals surface area contributed by atoms with Crippen molar-refractivity contribution in [2.24, 2.45) is 5.92 Å². The number of allylic oxidation sites excluding steroid dienone is 4. The van der Waals surface area contributed by atoms with Crippen LogP contribution < -0.4 is 0 Å². The first-order valence-corrected chi connectivity index (χ1v) is 8.97. The zero-order chi connectivity index (χ0) is 17.5. The second kappa shape index (κ2) is 8.63. The fourth-order valence-electron chi connectivity index (χ4n) is 2.92. The van der Waals surface area contributed by atoms with E-state index in [9.17, 15) is 0 Å². The standard InChI is InChI=1S/C23H29N/c1-6-10-19(15-17(3)4)20-13-14-24-23(16-20)22-12-9-8-11-21(22)18(5)7-2/h6,8-18H,7H2,1-5H3/b10-6-,19-15+. The van der Waals surface area contributed by atoms with E-state index >= 15 is 0 Å². The lowest BCUT2D eigenvalue weighted by Crippen LogP contribution is -1.97. The van der Waals surface area contributed by atoms with Crippen molar-refractivity contribution in [3.8, 4) is 11.3 Å². The van der Waals surface area contributed by atoms with E-state index in [1.165, 1.54) is 22.3 Å². The van der Waals surface area contributed by atoms with E-state index in [4.69, 9.17) is 0 Å². The van der Waals surface area contributed by atoms with Crippen LogP contribution in [0.25, 0.3) is 16.8 Å². The van der Waals surface area contributed by atoms with Crippen molar-refractivity contribution in [3.05, 3.63) is 72.0 Å².